The van der Waals surface area contributed by atoms with E-state index in [9.17, 15) is 47.0 Å². The van der Waals surface area contributed by atoms with Gasteiger partial charge in [0.15, 0.2) is 0 Å². The van der Waals surface area contributed by atoms with Crippen molar-refractivity contribution in [1.82, 2.24) is 16.0 Å². The lowest BCUT2D eigenvalue weighted by Gasteiger charge is -2.17. The van der Waals surface area contributed by atoms with Crippen molar-refractivity contribution in [3.63, 3.8) is 0 Å². The van der Waals surface area contributed by atoms with Gasteiger partial charge in [-0.2, -0.15) is 40.5 Å². The van der Waals surface area contributed by atoms with Gasteiger partial charge >= 0.3 is 0 Å². The molecular formula is C59H68ClF3N4O10S3. The fraction of sp³-hybridized carbons (Fsp3) is 0.288. The number of hydrogen-bond donors (Lipinski definition) is 4. The van der Waals surface area contributed by atoms with Gasteiger partial charge in [-0.1, -0.05) is 60.7 Å². The Morgan fingerprint density at radius 2 is 0.938 bits per heavy atom. The fourth-order valence-corrected chi connectivity index (χ4v) is 8.07. The summed E-state index contributed by atoms with van der Waals surface area (Å²) in [7, 11) is 0. The second kappa shape index (κ2) is 36.3. The summed E-state index contributed by atoms with van der Waals surface area (Å²) >= 11 is 5.77. The number of carbonyl (C=O) groups excluding carboxylic acids is 6. The number of hydrogen-bond acceptors (Lipinski definition) is 10. The smallest absolute Gasteiger partial charge is 0.229 e. The summed E-state index contributed by atoms with van der Waals surface area (Å²) < 4.78 is 56.3. The number of nitrogens with zero attached hydrogens (tertiary/aromatic N) is 1. The van der Waals surface area contributed by atoms with Gasteiger partial charge in [0, 0.05) is 77.0 Å². The third kappa shape index (κ3) is 25.9. The van der Waals surface area contributed by atoms with Crippen molar-refractivity contribution in [2.45, 2.75) is 90.8 Å². The third-order valence-electron chi connectivity index (χ3n) is 11.4. The van der Waals surface area contributed by atoms with Gasteiger partial charge in [0.1, 0.15) is 66.1 Å². The van der Waals surface area contributed by atoms with E-state index in [4.69, 9.17) is 25.8 Å². The molecule has 1 saturated heterocycles. The number of ketones is 2. The highest BCUT2D eigenvalue weighted by atomic mass is 35.5. The zero-order chi connectivity index (χ0) is 55.7. The number of carbonyl (C=O) groups is 6. The Labute approximate surface area is 490 Å². The predicted octanol–water partition coefficient (Wildman–Crippen LogP) is 9.04. The first-order valence-corrected chi connectivity index (χ1v) is 25.2. The predicted molar refractivity (Wildman–Crippen MR) is 317 cm³/mol. The van der Waals surface area contributed by atoms with Crippen LogP contribution in [0.2, 0.25) is 0 Å². The minimum absolute atomic E-state index is 0. The highest BCUT2D eigenvalue weighted by Gasteiger charge is 2.31. The monoisotopic (exact) mass is 1180 g/mol. The molecule has 1 heterocycles. The SMILES string of the molecule is CC(=O)NC(CCl)CC(=O)Cc1ccc(OCc2cccc(F)c2)cc1.CC(=O)NC(CO)CC(=O)Cc1ccc(OCc2cccc(F)c2)cc1.CC(=O)NC1CC(=O)N(c2ccc(OCc3cccc(F)c3)cc2)C1.S.S.S. The molecule has 430 valence electrons. The Kier molecular flexibility index (Phi) is 31.4. The Balaban J connectivity index is 0.000000403. The molecule has 4 amide bonds. The lowest BCUT2D eigenvalue weighted by Crippen LogP contribution is -2.37. The molecule has 0 saturated carbocycles. The first-order valence-electron chi connectivity index (χ1n) is 24.6. The van der Waals surface area contributed by atoms with Gasteiger partial charge in [-0.3, -0.25) is 28.8 Å². The summed E-state index contributed by atoms with van der Waals surface area (Å²) in [6, 6.07) is 39.0. The molecule has 1 aliphatic rings. The summed E-state index contributed by atoms with van der Waals surface area (Å²) in [5.74, 6) is 0.472. The average Bonchev–Trinajstić information content (AvgIpc) is 3.76. The van der Waals surface area contributed by atoms with Crippen molar-refractivity contribution in [2.75, 3.05) is 23.9 Å². The highest BCUT2D eigenvalue weighted by Crippen LogP contribution is 2.25. The Morgan fingerprint density at radius 3 is 1.29 bits per heavy atom. The number of alkyl halides is 1. The number of rotatable bonds is 23. The van der Waals surface area contributed by atoms with E-state index in [-0.39, 0.29) is 163 Å². The van der Waals surface area contributed by atoms with E-state index < -0.39 is 6.04 Å². The van der Waals surface area contributed by atoms with E-state index in [1.807, 2.05) is 12.1 Å². The summed E-state index contributed by atoms with van der Waals surface area (Å²) in [4.78, 5) is 71.1. The quantitative estimate of drug-likeness (QED) is 0.0451. The Morgan fingerprint density at radius 1 is 0.562 bits per heavy atom. The van der Waals surface area contributed by atoms with E-state index in [0.717, 1.165) is 33.5 Å². The molecule has 7 rings (SSSR count). The van der Waals surface area contributed by atoms with Crippen molar-refractivity contribution in [1.29, 1.82) is 0 Å². The molecule has 21 heteroatoms. The summed E-state index contributed by atoms with van der Waals surface area (Å²) in [6.07, 6.45) is 1.05. The molecule has 6 aromatic rings. The fourth-order valence-electron chi connectivity index (χ4n) is 7.88. The second-order valence-corrected chi connectivity index (χ2v) is 18.4. The van der Waals surface area contributed by atoms with Crippen LogP contribution in [-0.4, -0.2) is 77.5 Å². The Bertz CT molecular complexity index is 2780. The minimum Gasteiger partial charge on any atom is -0.489 e. The summed E-state index contributed by atoms with van der Waals surface area (Å²) in [5, 5.41) is 17.1. The van der Waals surface area contributed by atoms with Gasteiger partial charge in [0.05, 0.1) is 18.7 Å². The van der Waals surface area contributed by atoms with Crippen LogP contribution in [0.4, 0.5) is 18.9 Å². The molecule has 0 spiro atoms. The van der Waals surface area contributed by atoms with Crippen LogP contribution in [-0.2, 0) is 61.4 Å². The van der Waals surface area contributed by atoms with Crippen LogP contribution in [0.5, 0.6) is 17.2 Å². The van der Waals surface area contributed by atoms with Gasteiger partial charge in [-0.15, -0.1) is 11.6 Å². The molecular weight excluding hydrogens is 1110 g/mol. The van der Waals surface area contributed by atoms with E-state index in [0.29, 0.717) is 30.2 Å². The van der Waals surface area contributed by atoms with Crippen molar-refractivity contribution in [3.8, 4) is 17.2 Å². The number of benzene rings is 6. The molecule has 14 nitrogen and oxygen atoms in total. The van der Waals surface area contributed by atoms with Crippen LogP contribution < -0.4 is 35.1 Å². The number of amides is 4. The number of aliphatic hydroxyl groups excluding tert-OH is 1. The molecule has 1 aliphatic heterocycles. The number of halogens is 4. The maximum absolute atomic E-state index is 13.1. The van der Waals surface area contributed by atoms with E-state index in [2.05, 4.69) is 16.0 Å². The second-order valence-electron chi connectivity index (χ2n) is 18.1. The van der Waals surface area contributed by atoms with Crippen LogP contribution in [0.3, 0.4) is 0 Å². The standard InChI is InChI=1S/C20H21ClFNO3.C20H22FNO4.C19H19FN2O3.3H2S/c1-14(24)23-18(12-21)11-19(25)10-15-5-7-20(8-6-15)26-13-16-3-2-4-17(22)9-16;1-14(24)22-18(12-23)11-19(25)10-15-5-7-20(8-6-15)26-13-16-3-2-4-17(21)9-16;1-13(23)21-16-10-19(24)22(11-16)17-5-7-18(8-6-17)25-12-14-3-2-4-15(20)9-14;;;/h2-9,18H,10-13H2,1H3,(H,23,24);2-9,18,23H,10-13H2,1H3,(H,22,24);2-9,16H,10-12H2,1H3,(H,21,23);3*1H2. The van der Waals surface area contributed by atoms with Gasteiger partial charge in [-0.05, 0) is 113 Å². The van der Waals surface area contributed by atoms with Gasteiger partial charge in [0.25, 0.3) is 0 Å². The largest absolute Gasteiger partial charge is 0.489 e. The van der Waals surface area contributed by atoms with Crippen LogP contribution in [0.25, 0.3) is 0 Å². The molecule has 6 aromatic carbocycles. The van der Waals surface area contributed by atoms with Crippen molar-refractivity contribution in [3.05, 3.63) is 191 Å². The van der Waals surface area contributed by atoms with Crippen LogP contribution in [0.1, 0.15) is 67.9 Å². The topological polar surface area (TPSA) is 190 Å². The molecule has 0 aliphatic carbocycles. The lowest BCUT2D eigenvalue weighted by atomic mass is 10.0. The number of ether oxygens (including phenoxy) is 3. The maximum atomic E-state index is 13.1. The molecule has 3 atom stereocenters. The van der Waals surface area contributed by atoms with E-state index in [1.54, 1.807) is 102 Å². The number of anilines is 1. The average molecular weight is 1180 g/mol. The highest BCUT2D eigenvalue weighted by molar-refractivity contribution is 7.59. The third-order valence-corrected chi connectivity index (χ3v) is 11.8. The molecule has 1 fully saturated rings. The molecule has 3 unspecified atom stereocenters. The zero-order valence-corrected chi connectivity index (χ0v) is 48.2. The molecule has 0 aromatic heterocycles. The molecule has 0 radical (unpaired) electrons. The first-order chi connectivity index (χ1) is 36.9. The molecule has 0 bridgehead atoms. The van der Waals surface area contributed by atoms with Gasteiger partial charge in [0.2, 0.25) is 23.6 Å². The Hall–Kier alpha value is -6.97. The van der Waals surface area contributed by atoms with Crippen molar-refractivity contribution >= 4 is 93.0 Å². The number of nitrogens with one attached hydrogen (secondary N) is 3. The van der Waals surface area contributed by atoms with Crippen LogP contribution >= 0.6 is 52.1 Å². The van der Waals surface area contributed by atoms with Gasteiger partial charge in [-0.25, -0.2) is 13.2 Å². The zero-order valence-electron chi connectivity index (χ0n) is 44.4. The molecule has 4 N–H and O–H groups in total. The van der Waals surface area contributed by atoms with E-state index >= 15 is 0 Å². The van der Waals surface area contributed by atoms with Gasteiger partial charge < -0.3 is 40.2 Å². The molecule has 80 heavy (non-hydrogen) atoms. The van der Waals surface area contributed by atoms with Crippen molar-refractivity contribution in [2.24, 2.45) is 0 Å². The van der Waals surface area contributed by atoms with Crippen molar-refractivity contribution < 1.29 is 61.3 Å². The number of Topliss-reactive ketones (excluding diaryl/α,β-unsaturated/α-hetero) is 2. The number of aliphatic hydroxyl groups is 1. The summed E-state index contributed by atoms with van der Waals surface area (Å²) in [6.45, 7) is 5.15. The van der Waals surface area contributed by atoms with Crippen LogP contribution in [0.15, 0.2) is 146 Å². The lowest BCUT2D eigenvalue weighted by molar-refractivity contribution is -0.123. The summed E-state index contributed by atoms with van der Waals surface area (Å²) in [5.41, 5.74) is 4.65. The normalized spacial score (nSPS) is 12.8. The minimum atomic E-state index is -0.561. The maximum Gasteiger partial charge on any atom is 0.229 e. The first kappa shape index (κ1) is 69.1. The van der Waals surface area contributed by atoms with Crippen LogP contribution in [0, 0.1) is 17.5 Å². The van der Waals surface area contributed by atoms with E-state index in [1.165, 1.54) is 57.2 Å².